The first-order chi connectivity index (χ1) is 15.5. The number of sulfonamides is 1. The van der Waals surface area contributed by atoms with Crippen molar-refractivity contribution < 1.29 is 22.4 Å². The fourth-order valence-corrected chi connectivity index (χ4v) is 4.12. The topological polar surface area (TPSA) is 86.8 Å². The van der Waals surface area contributed by atoms with Gasteiger partial charge < -0.3 is 10.2 Å². The van der Waals surface area contributed by atoms with Gasteiger partial charge in [-0.2, -0.15) is 0 Å². The highest BCUT2D eigenvalue weighted by Gasteiger charge is 2.31. The minimum Gasteiger partial charge on any atom is -0.352 e. The second kappa shape index (κ2) is 11.3. The molecule has 2 aromatic rings. The molecule has 2 atom stereocenters. The maximum atomic E-state index is 14.4. The van der Waals surface area contributed by atoms with Gasteiger partial charge in [-0.05, 0) is 50.5 Å². The van der Waals surface area contributed by atoms with E-state index in [0.717, 1.165) is 34.2 Å². The SMILES string of the molecule is CC[C@H](C)NC(=O)[C@H](C)N(Cc1ccccc1C)C(=O)CN(c1ccccc1F)S(C)(=O)=O. The molecular weight excluding hydrogens is 445 g/mol. The van der Waals surface area contributed by atoms with Crippen molar-refractivity contribution in [3.63, 3.8) is 0 Å². The number of hydrogen-bond donors (Lipinski definition) is 1. The number of carbonyl (C=O) groups is 2. The van der Waals surface area contributed by atoms with Gasteiger partial charge in [0.2, 0.25) is 21.8 Å². The summed E-state index contributed by atoms with van der Waals surface area (Å²) in [6.07, 6.45) is 1.64. The summed E-state index contributed by atoms with van der Waals surface area (Å²) in [5, 5.41) is 2.86. The number of para-hydroxylation sites is 1. The van der Waals surface area contributed by atoms with Gasteiger partial charge in [-0.15, -0.1) is 0 Å². The van der Waals surface area contributed by atoms with Crippen LogP contribution in [0.25, 0.3) is 0 Å². The van der Waals surface area contributed by atoms with Crippen LogP contribution in [0.5, 0.6) is 0 Å². The number of rotatable bonds is 10. The summed E-state index contributed by atoms with van der Waals surface area (Å²) in [5.41, 5.74) is 1.53. The lowest BCUT2D eigenvalue weighted by atomic mass is 10.1. The van der Waals surface area contributed by atoms with Gasteiger partial charge in [-0.25, -0.2) is 12.8 Å². The van der Waals surface area contributed by atoms with Gasteiger partial charge in [0.25, 0.3) is 0 Å². The highest BCUT2D eigenvalue weighted by Crippen LogP contribution is 2.22. The fourth-order valence-electron chi connectivity index (χ4n) is 3.27. The Bertz CT molecular complexity index is 1090. The van der Waals surface area contributed by atoms with Crippen molar-refractivity contribution in [3.05, 3.63) is 65.5 Å². The largest absolute Gasteiger partial charge is 0.352 e. The molecule has 2 amide bonds. The third-order valence-corrected chi connectivity index (χ3v) is 6.70. The zero-order chi connectivity index (χ0) is 24.8. The molecular formula is C24H32FN3O4S. The van der Waals surface area contributed by atoms with Crippen molar-refractivity contribution in [2.45, 2.75) is 52.7 Å². The van der Waals surface area contributed by atoms with Crippen LogP contribution in [0.3, 0.4) is 0 Å². The molecule has 180 valence electrons. The number of anilines is 1. The maximum absolute atomic E-state index is 14.4. The van der Waals surface area contributed by atoms with Gasteiger partial charge in [-0.1, -0.05) is 43.3 Å². The molecule has 0 aliphatic heterocycles. The second-order valence-corrected chi connectivity index (χ2v) is 10.1. The van der Waals surface area contributed by atoms with Crippen molar-refractivity contribution in [2.24, 2.45) is 0 Å². The quantitative estimate of drug-likeness (QED) is 0.569. The number of benzene rings is 2. The molecule has 0 heterocycles. The number of nitrogens with zero attached hydrogens (tertiary/aromatic N) is 2. The molecule has 2 rings (SSSR count). The number of nitrogens with one attached hydrogen (secondary N) is 1. The number of halogens is 1. The molecule has 7 nitrogen and oxygen atoms in total. The predicted molar refractivity (Wildman–Crippen MR) is 128 cm³/mol. The standard InChI is InChI=1S/C24H32FN3O4S/c1-6-18(3)26-24(30)19(4)27(15-20-12-8-7-11-17(20)2)23(29)16-28(33(5,31)32)22-14-10-9-13-21(22)25/h7-14,18-19H,6,15-16H2,1-5H3,(H,26,30)/t18-,19-/m0/s1. The summed E-state index contributed by atoms with van der Waals surface area (Å²) in [7, 11) is -3.97. The average molecular weight is 478 g/mol. The first kappa shape index (κ1) is 26.3. The Labute approximate surface area is 195 Å². The van der Waals surface area contributed by atoms with Crippen LogP contribution < -0.4 is 9.62 Å². The maximum Gasteiger partial charge on any atom is 0.244 e. The van der Waals surface area contributed by atoms with Crippen molar-refractivity contribution in [3.8, 4) is 0 Å². The van der Waals surface area contributed by atoms with Gasteiger partial charge in [0.1, 0.15) is 18.4 Å². The molecule has 0 spiro atoms. The minimum atomic E-state index is -3.97. The highest BCUT2D eigenvalue weighted by atomic mass is 32.2. The minimum absolute atomic E-state index is 0.0821. The van der Waals surface area contributed by atoms with Gasteiger partial charge in [-0.3, -0.25) is 13.9 Å². The number of amides is 2. The number of carbonyl (C=O) groups excluding carboxylic acids is 2. The molecule has 0 aliphatic carbocycles. The molecule has 1 N–H and O–H groups in total. The highest BCUT2D eigenvalue weighted by molar-refractivity contribution is 7.92. The van der Waals surface area contributed by atoms with Gasteiger partial charge >= 0.3 is 0 Å². The van der Waals surface area contributed by atoms with E-state index in [9.17, 15) is 22.4 Å². The van der Waals surface area contributed by atoms with Crippen LogP contribution in [0, 0.1) is 12.7 Å². The average Bonchev–Trinajstić information content (AvgIpc) is 2.76. The molecule has 0 saturated carbocycles. The van der Waals surface area contributed by atoms with E-state index in [2.05, 4.69) is 5.32 Å². The Kier molecular flexibility index (Phi) is 8.99. The third-order valence-electron chi connectivity index (χ3n) is 5.57. The van der Waals surface area contributed by atoms with E-state index in [4.69, 9.17) is 0 Å². The van der Waals surface area contributed by atoms with Crippen LogP contribution in [0.4, 0.5) is 10.1 Å². The molecule has 0 aliphatic rings. The number of aryl methyl sites for hydroxylation is 1. The normalized spacial score (nSPS) is 13.2. The summed E-state index contributed by atoms with van der Waals surface area (Å²) in [6, 6.07) is 11.9. The summed E-state index contributed by atoms with van der Waals surface area (Å²) >= 11 is 0. The van der Waals surface area contributed by atoms with Crippen molar-refractivity contribution in [2.75, 3.05) is 17.1 Å². The van der Waals surface area contributed by atoms with Crippen LogP contribution in [-0.4, -0.2) is 50.0 Å². The zero-order valence-electron chi connectivity index (χ0n) is 19.7. The molecule has 0 fully saturated rings. The molecule has 9 heteroatoms. The molecule has 0 saturated heterocycles. The second-order valence-electron chi connectivity index (χ2n) is 8.16. The van der Waals surface area contributed by atoms with E-state index in [1.165, 1.54) is 23.1 Å². The first-order valence-electron chi connectivity index (χ1n) is 10.8. The van der Waals surface area contributed by atoms with Crippen LogP contribution in [0.15, 0.2) is 48.5 Å². The van der Waals surface area contributed by atoms with Crippen LogP contribution in [0.2, 0.25) is 0 Å². The van der Waals surface area contributed by atoms with Crippen molar-refractivity contribution in [1.29, 1.82) is 0 Å². The molecule has 0 unspecified atom stereocenters. The van der Waals surface area contributed by atoms with Crippen molar-refractivity contribution >= 4 is 27.5 Å². The van der Waals surface area contributed by atoms with Crippen molar-refractivity contribution in [1.82, 2.24) is 10.2 Å². The van der Waals surface area contributed by atoms with E-state index in [1.54, 1.807) is 6.92 Å². The first-order valence-corrected chi connectivity index (χ1v) is 12.7. The lowest BCUT2D eigenvalue weighted by Crippen LogP contribution is -2.52. The molecule has 0 bridgehead atoms. The van der Waals surface area contributed by atoms with Crippen LogP contribution in [0.1, 0.15) is 38.3 Å². The van der Waals surface area contributed by atoms with E-state index < -0.39 is 34.3 Å². The van der Waals surface area contributed by atoms with E-state index >= 15 is 0 Å². The smallest absolute Gasteiger partial charge is 0.244 e. The van der Waals surface area contributed by atoms with Crippen LogP contribution >= 0.6 is 0 Å². The Hall–Kier alpha value is -2.94. The summed E-state index contributed by atoms with van der Waals surface area (Å²) in [5.74, 6) is -1.72. The summed E-state index contributed by atoms with van der Waals surface area (Å²) < 4.78 is 40.0. The van der Waals surface area contributed by atoms with E-state index in [0.29, 0.717) is 0 Å². The fraction of sp³-hybridized carbons (Fsp3) is 0.417. The van der Waals surface area contributed by atoms with Gasteiger partial charge in [0, 0.05) is 12.6 Å². The van der Waals surface area contributed by atoms with Crippen LogP contribution in [-0.2, 0) is 26.2 Å². The van der Waals surface area contributed by atoms with E-state index in [1.807, 2.05) is 45.0 Å². The molecule has 33 heavy (non-hydrogen) atoms. The monoisotopic (exact) mass is 477 g/mol. The van der Waals surface area contributed by atoms with E-state index in [-0.39, 0.29) is 24.2 Å². The summed E-state index contributed by atoms with van der Waals surface area (Å²) in [4.78, 5) is 27.6. The Morgan fingerprint density at radius 3 is 2.24 bits per heavy atom. The molecule has 2 aromatic carbocycles. The lowest BCUT2D eigenvalue weighted by Gasteiger charge is -2.32. The molecule has 0 aromatic heterocycles. The Morgan fingerprint density at radius 1 is 1.06 bits per heavy atom. The third kappa shape index (κ3) is 7.02. The predicted octanol–water partition coefficient (Wildman–Crippen LogP) is 3.23. The number of hydrogen-bond acceptors (Lipinski definition) is 4. The zero-order valence-corrected chi connectivity index (χ0v) is 20.5. The Morgan fingerprint density at radius 2 is 1.67 bits per heavy atom. The molecule has 0 radical (unpaired) electrons. The Balaban J connectivity index is 2.41. The van der Waals surface area contributed by atoms with Gasteiger partial charge in [0.15, 0.2) is 0 Å². The lowest BCUT2D eigenvalue weighted by molar-refractivity contribution is -0.139. The summed E-state index contributed by atoms with van der Waals surface area (Å²) in [6.45, 7) is 6.76. The van der Waals surface area contributed by atoms with Gasteiger partial charge in [0.05, 0.1) is 11.9 Å².